The van der Waals surface area contributed by atoms with Gasteiger partial charge in [-0.25, -0.2) is 4.79 Å². The van der Waals surface area contributed by atoms with Gasteiger partial charge in [-0.1, -0.05) is 37.3 Å². The molecule has 1 atom stereocenters. The second-order valence-electron chi connectivity index (χ2n) is 4.60. The number of esters is 1. The zero-order valence-electron chi connectivity index (χ0n) is 12.2. The molecule has 1 unspecified atom stereocenters. The lowest BCUT2D eigenvalue weighted by Gasteiger charge is -2.24. The van der Waals surface area contributed by atoms with Gasteiger partial charge in [-0.15, -0.1) is 0 Å². The Labute approximate surface area is 123 Å². The Bertz CT molecular complexity index is 521. The van der Waals surface area contributed by atoms with Gasteiger partial charge in [-0.3, -0.25) is 4.79 Å². The van der Waals surface area contributed by atoms with Gasteiger partial charge in [0, 0.05) is 5.57 Å². The third kappa shape index (κ3) is 4.72. The molecule has 5 nitrogen and oxygen atoms in total. The van der Waals surface area contributed by atoms with Crippen LogP contribution in [0.15, 0.2) is 42.0 Å². The van der Waals surface area contributed by atoms with Crippen molar-refractivity contribution < 1.29 is 24.5 Å². The van der Waals surface area contributed by atoms with Crippen molar-refractivity contribution in [1.82, 2.24) is 0 Å². The summed E-state index contributed by atoms with van der Waals surface area (Å²) < 4.78 is 4.92. The average Bonchev–Trinajstić information content (AvgIpc) is 2.45. The Hall–Kier alpha value is -2.14. The highest BCUT2D eigenvalue weighted by atomic mass is 16.5. The lowest BCUT2D eigenvalue weighted by Crippen LogP contribution is -2.28. The molecular weight excluding hydrogens is 272 g/mol. The van der Waals surface area contributed by atoms with Crippen molar-refractivity contribution in [1.29, 1.82) is 0 Å². The van der Waals surface area contributed by atoms with Crippen LogP contribution in [0.25, 0.3) is 0 Å². The largest absolute Gasteiger partial charge is 0.481 e. The van der Waals surface area contributed by atoms with Gasteiger partial charge < -0.3 is 14.9 Å². The van der Waals surface area contributed by atoms with Crippen LogP contribution in [-0.4, -0.2) is 28.8 Å². The van der Waals surface area contributed by atoms with Gasteiger partial charge in [0.25, 0.3) is 0 Å². The van der Waals surface area contributed by atoms with Crippen molar-refractivity contribution in [3.05, 3.63) is 47.5 Å². The standard InChI is InChI=1S/C16H20O5/c1-3-12(15(19)21-4-2)10-16(20,11-14(17)18)13-8-6-5-7-9-13/h5-10,20H,3-4,11H2,1-2H3,(H,17,18). The Kier molecular flexibility index (Phi) is 6.11. The Morgan fingerprint density at radius 2 is 1.86 bits per heavy atom. The van der Waals surface area contributed by atoms with E-state index in [0.29, 0.717) is 12.0 Å². The summed E-state index contributed by atoms with van der Waals surface area (Å²) in [5.41, 5.74) is -1.07. The van der Waals surface area contributed by atoms with Crippen LogP contribution in [0.3, 0.4) is 0 Å². The lowest BCUT2D eigenvalue weighted by molar-refractivity contribution is -0.142. The first-order valence-corrected chi connectivity index (χ1v) is 6.81. The molecule has 0 saturated heterocycles. The quantitative estimate of drug-likeness (QED) is 0.595. The number of aliphatic hydroxyl groups is 1. The number of carbonyl (C=O) groups excluding carboxylic acids is 1. The number of benzene rings is 1. The molecule has 0 saturated carbocycles. The van der Waals surface area contributed by atoms with Crippen LogP contribution in [0.2, 0.25) is 0 Å². The second-order valence-corrected chi connectivity index (χ2v) is 4.60. The van der Waals surface area contributed by atoms with E-state index in [0.717, 1.165) is 0 Å². The summed E-state index contributed by atoms with van der Waals surface area (Å²) in [6.45, 7) is 3.65. The molecule has 0 aromatic heterocycles. The molecule has 1 aromatic rings. The average molecular weight is 292 g/mol. The van der Waals surface area contributed by atoms with Crippen molar-refractivity contribution in [3.63, 3.8) is 0 Å². The molecule has 0 aliphatic heterocycles. The molecule has 21 heavy (non-hydrogen) atoms. The summed E-state index contributed by atoms with van der Waals surface area (Å²) in [4.78, 5) is 22.9. The fourth-order valence-electron chi connectivity index (χ4n) is 2.01. The van der Waals surface area contributed by atoms with Crippen molar-refractivity contribution in [2.45, 2.75) is 32.3 Å². The second kappa shape index (κ2) is 7.59. The predicted molar refractivity (Wildman–Crippen MR) is 77.6 cm³/mol. The Balaban J connectivity index is 3.24. The Morgan fingerprint density at radius 1 is 1.24 bits per heavy atom. The number of aliphatic carboxylic acids is 1. The number of ether oxygens (including phenoxy) is 1. The van der Waals surface area contributed by atoms with Gasteiger partial charge in [0.05, 0.1) is 13.0 Å². The normalized spacial score (nSPS) is 14.3. The zero-order valence-corrected chi connectivity index (χ0v) is 12.2. The SMILES string of the molecule is CCOC(=O)C(=CC(O)(CC(=O)O)c1ccccc1)CC. The molecule has 0 radical (unpaired) electrons. The van der Waals surface area contributed by atoms with Crippen LogP contribution < -0.4 is 0 Å². The van der Waals surface area contributed by atoms with E-state index in [1.54, 1.807) is 44.2 Å². The van der Waals surface area contributed by atoms with E-state index in [2.05, 4.69) is 0 Å². The van der Waals surface area contributed by atoms with Gasteiger partial charge in [0.2, 0.25) is 0 Å². The molecule has 0 aliphatic rings. The Morgan fingerprint density at radius 3 is 2.33 bits per heavy atom. The first-order valence-electron chi connectivity index (χ1n) is 6.81. The fraction of sp³-hybridized carbons (Fsp3) is 0.375. The number of rotatable bonds is 7. The fourth-order valence-corrected chi connectivity index (χ4v) is 2.01. The molecule has 0 amide bonds. The number of hydrogen-bond donors (Lipinski definition) is 2. The van der Waals surface area contributed by atoms with Crippen molar-refractivity contribution in [2.24, 2.45) is 0 Å². The maximum atomic E-state index is 11.8. The molecule has 0 fully saturated rings. The van der Waals surface area contributed by atoms with Gasteiger partial charge in [-0.2, -0.15) is 0 Å². The monoisotopic (exact) mass is 292 g/mol. The van der Waals surface area contributed by atoms with E-state index in [1.165, 1.54) is 6.08 Å². The van der Waals surface area contributed by atoms with E-state index < -0.39 is 24.0 Å². The topological polar surface area (TPSA) is 83.8 Å². The van der Waals surface area contributed by atoms with E-state index in [-0.39, 0.29) is 12.2 Å². The number of hydrogen-bond acceptors (Lipinski definition) is 4. The molecule has 114 valence electrons. The van der Waals surface area contributed by atoms with Gasteiger partial charge in [-0.05, 0) is 25.0 Å². The third-order valence-corrected chi connectivity index (χ3v) is 3.03. The zero-order chi connectivity index (χ0) is 15.9. The number of carboxylic acids is 1. The predicted octanol–water partition coefficient (Wildman–Crippen LogP) is 2.25. The summed E-state index contributed by atoms with van der Waals surface area (Å²) in [7, 11) is 0. The van der Waals surface area contributed by atoms with Crippen molar-refractivity contribution >= 4 is 11.9 Å². The third-order valence-electron chi connectivity index (χ3n) is 3.03. The maximum Gasteiger partial charge on any atom is 0.333 e. The van der Waals surface area contributed by atoms with E-state index in [9.17, 15) is 14.7 Å². The van der Waals surface area contributed by atoms with Crippen molar-refractivity contribution in [3.8, 4) is 0 Å². The van der Waals surface area contributed by atoms with Crippen LogP contribution in [0.1, 0.15) is 32.3 Å². The minimum atomic E-state index is -1.74. The molecule has 0 heterocycles. The summed E-state index contributed by atoms with van der Waals surface area (Å²) >= 11 is 0. The van der Waals surface area contributed by atoms with Gasteiger partial charge in [0.15, 0.2) is 0 Å². The van der Waals surface area contributed by atoms with Crippen molar-refractivity contribution in [2.75, 3.05) is 6.61 Å². The highest BCUT2D eigenvalue weighted by Gasteiger charge is 2.31. The van der Waals surface area contributed by atoms with Crippen LogP contribution in [0.5, 0.6) is 0 Å². The molecule has 1 rings (SSSR count). The first kappa shape index (κ1) is 16.9. The van der Waals surface area contributed by atoms with E-state index in [1.807, 2.05) is 0 Å². The summed E-state index contributed by atoms with van der Waals surface area (Å²) in [5.74, 6) is -1.70. The number of carboxylic acid groups (broad SMARTS) is 1. The van der Waals surface area contributed by atoms with Gasteiger partial charge >= 0.3 is 11.9 Å². The highest BCUT2D eigenvalue weighted by molar-refractivity contribution is 5.88. The lowest BCUT2D eigenvalue weighted by atomic mass is 9.88. The summed E-state index contributed by atoms with van der Waals surface area (Å²) in [6.07, 6.45) is 1.10. The van der Waals surface area contributed by atoms with Crippen LogP contribution in [0.4, 0.5) is 0 Å². The maximum absolute atomic E-state index is 11.8. The number of carbonyl (C=O) groups is 2. The molecule has 0 bridgehead atoms. The minimum Gasteiger partial charge on any atom is -0.481 e. The molecule has 1 aromatic carbocycles. The molecule has 0 aliphatic carbocycles. The summed E-state index contributed by atoms with van der Waals surface area (Å²) in [5, 5.41) is 19.7. The molecule has 5 heteroatoms. The molecular formula is C16H20O5. The van der Waals surface area contributed by atoms with Crippen LogP contribution in [0, 0.1) is 0 Å². The first-order chi connectivity index (χ1) is 9.92. The van der Waals surface area contributed by atoms with Gasteiger partial charge in [0.1, 0.15) is 5.60 Å². The smallest absolute Gasteiger partial charge is 0.333 e. The van der Waals surface area contributed by atoms with Crippen LogP contribution in [-0.2, 0) is 19.9 Å². The minimum absolute atomic E-state index is 0.221. The molecule has 2 N–H and O–H groups in total. The van der Waals surface area contributed by atoms with E-state index in [4.69, 9.17) is 9.84 Å². The van der Waals surface area contributed by atoms with Crippen LogP contribution >= 0.6 is 0 Å². The summed E-state index contributed by atoms with van der Waals surface area (Å²) in [6, 6.07) is 8.41. The van der Waals surface area contributed by atoms with E-state index >= 15 is 0 Å². The highest BCUT2D eigenvalue weighted by Crippen LogP contribution is 2.29. The molecule has 0 spiro atoms.